The minimum absolute atomic E-state index is 0.0681. The molecule has 0 radical (unpaired) electrons. The van der Waals surface area contributed by atoms with Crippen LogP contribution in [-0.2, 0) is 22.3 Å². The van der Waals surface area contributed by atoms with Crippen molar-refractivity contribution in [1.82, 2.24) is 14.5 Å². The second-order valence-corrected chi connectivity index (χ2v) is 9.11. The summed E-state index contributed by atoms with van der Waals surface area (Å²) >= 11 is 6.12. The second-order valence-electron chi connectivity index (χ2n) is 8.71. The minimum Gasteiger partial charge on any atom is -0.493 e. The Bertz CT molecular complexity index is 1210. The second kappa shape index (κ2) is 9.82. The van der Waals surface area contributed by atoms with Crippen molar-refractivity contribution in [3.8, 4) is 5.75 Å². The van der Waals surface area contributed by atoms with Crippen molar-refractivity contribution < 1.29 is 27.4 Å². The van der Waals surface area contributed by atoms with Crippen LogP contribution in [0.4, 0.5) is 13.2 Å². The van der Waals surface area contributed by atoms with Crippen LogP contribution in [-0.4, -0.2) is 33.7 Å². The van der Waals surface area contributed by atoms with Crippen LogP contribution in [0.2, 0.25) is 5.02 Å². The zero-order valence-electron chi connectivity index (χ0n) is 19.7. The average molecular weight is 498 g/mol. The number of carbonyl (C=O) groups excluding carboxylic acids is 1. The maximum Gasteiger partial charge on any atom is 0.417 e. The molecule has 0 saturated carbocycles. The number of pyridine rings is 1. The number of nitrogens with zero attached hydrogens (tertiary/aromatic N) is 3. The zero-order valence-corrected chi connectivity index (χ0v) is 20.5. The SMILES string of the molecule is CCOC(=O)C(C)(C)CCOc1cc(C)c2nc(C)n(Cc3ncc(C(F)(F)F)cc3Cl)c2c1. The monoisotopic (exact) mass is 497 g/mol. The highest BCUT2D eigenvalue weighted by Crippen LogP contribution is 2.32. The van der Waals surface area contributed by atoms with Crippen molar-refractivity contribution >= 4 is 28.6 Å². The Morgan fingerprint density at radius 1 is 1.18 bits per heavy atom. The number of hydrogen-bond donors (Lipinski definition) is 0. The van der Waals surface area contributed by atoms with Gasteiger partial charge in [0.05, 0.1) is 52.5 Å². The molecule has 0 aliphatic carbocycles. The average Bonchev–Trinajstić information content (AvgIpc) is 3.04. The van der Waals surface area contributed by atoms with E-state index in [4.69, 9.17) is 21.1 Å². The summed E-state index contributed by atoms with van der Waals surface area (Å²) in [6.07, 6.45) is -3.27. The van der Waals surface area contributed by atoms with Crippen LogP contribution in [0.1, 0.15) is 49.8 Å². The van der Waals surface area contributed by atoms with Gasteiger partial charge in [-0.05, 0) is 58.7 Å². The van der Waals surface area contributed by atoms with Gasteiger partial charge in [0.15, 0.2) is 0 Å². The summed E-state index contributed by atoms with van der Waals surface area (Å²) in [5, 5.41) is -0.0681. The molecule has 34 heavy (non-hydrogen) atoms. The van der Waals surface area contributed by atoms with E-state index < -0.39 is 17.2 Å². The number of ether oxygens (including phenoxy) is 2. The van der Waals surface area contributed by atoms with Crippen molar-refractivity contribution in [3.05, 3.63) is 52.1 Å². The molecule has 0 aliphatic rings. The van der Waals surface area contributed by atoms with Crippen LogP contribution in [0.3, 0.4) is 0 Å². The number of benzene rings is 1. The molecule has 0 aliphatic heterocycles. The van der Waals surface area contributed by atoms with Crippen molar-refractivity contribution in [3.63, 3.8) is 0 Å². The quantitative estimate of drug-likeness (QED) is 0.350. The first kappa shape index (κ1) is 25.8. The summed E-state index contributed by atoms with van der Waals surface area (Å²) in [5.41, 5.74) is 1.10. The van der Waals surface area contributed by atoms with Crippen LogP contribution in [0.5, 0.6) is 5.75 Å². The van der Waals surface area contributed by atoms with E-state index in [0.29, 0.717) is 36.9 Å². The van der Waals surface area contributed by atoms with Gasteiger partial charge in [0, 0.05) is 12.3 Å². The lowest BCUT2D eigenvalue weighted by Gasteiger charge is -2.22. The molecule has 0 bridgehead atoms. The first-order chi connectivity index (χ1) is 15.8. The first-order valence-corrected chi connectivity index (χ1v) is 11.2. The number of imidazole rings is 1. The van der Waals surface area contributed by atoms with E-state index in [0.717, 1.165) is 28.9 Å². The van der Waals surface area contributed by atoms with Gasteiger partial charge in [0.2, 0.25) is 0 Å². The van der Waals surface area contributed by atoms with Crippen molar-refractivity contribution in [2.45, 2.75) is 53.8 Å². The first-order valence-electron chi connectivity index (χ1n) is 10.8. The maximum atomic E-state index is 12.9. The number of aromatic nitrogens is 3. The fourth-order valence-corrected chi connectivity index (χ4v) is 3.73. The van der Waals surface area contributed by atoms with Gasteiger partial charge in [-0.3, -0.25) is 9.78 Å². The fraction of sp³-hybridized carbons (Fsp3) is 0.458. The highest BCUT2D eigenvalue weighted by Gasteiger charge is 2.32. The normalized spacial score (nSPS) is 12.3. The molecule has 3 aromatic rings. The maximum absolute atomic E-state index is 12.9. The Morgan fingerprint density at radius 2 is 1.88 bits per heavy atom. The van der Waals surface area contributed by atoms with Crippen LogP contribution in [0, 0.1) is 19.3 Å². The number of carbonyl (C=O) groups is 1. The predicted molar refractivity (Wildman–Crippen MR) is 123 cm³/mol. The topological polar surface area (TPSA) is 66.2 Å². The Hall–Kier alpha value is -2.81. The van der Waals surface area contributed by atoms with E-state index >= 15 is 0 Å². The van der Waals surface area contributed by atoms with Crippen LogP contribution in [0.25, 0.3) is 11.0 Å². The van der Waals surface area contributed by atoms with E-state index in [1.807, 2.05) is 37.5 Å². The van der Waals surface area contributed by atoms with Gasteiger partial charge in [-0.25, -0.2) is 4.98 Å². The molecule has 0 saturated heterocycles. The van der Waals surface area contributed by atoms with Crippen molar-refractivity contribution in [2.24, 2.45) is 5.41 Å². The van der Waals surface area contributed by atoms with Gasteiger partial charge in [-0.1, -0.05) is 11.6 Å². The van der Waals surface area contributed by atoms with E-state index in [1.165, 1.54) is 0 Å². The van der Waals surface area contributed by atoms with E-state index in [9.17, 15) is 18.0 Å². The Kier molecular flexibility index (Phi) is 7.45. The molecule has 1 aromatic carbocycles. The van der Waals surface area contributed by atoms with E-state index in [2.05, 4.69) is 9.97 Å². The van der Waals surface area contributed by atoms with Gasteiger partial charge < -0.3 is 14.0 Å². The van der Waals surface area contributed by atoms with Gasteiger partial charge >= 0.3 is 12.1 Å². The lowest BCUT2D eigenvalue weighted by atomic mass is 9.90. The lowest BCUT2D eigenvalue weighted by Crippen LogP contribution is -2.28. The molecule has 0 spiro atoms. The smallest absolute Gasteiger partial charge is 0.417 e. The Morgan fingerprint density at radius 3 is 2.50 bits per heavy atom. The highest BCUT2D eigenvalue weighted by atomic mass is 35.5. The lowest BCUT2D eigenvalue weighted by molar-refractivity contribution is -0.154. The summed E-state index contributed by atoms with van der Waals surface area (Å²) in [5.74, 6) is 0.980. The molecule has 2 heterocycles. The number of esters is 1. The largest absolute Gasteiger partial charge is 0.493 e. The third kappa shape index (κ3) is 5.63. The van der Waals surface area contributed by atoms with Gasteiger partial charge in [0.1, 0.15) is 11.6 Å². The van der Waals surface area contributed by atoms with E-state index in [1.54, 1.807) is 13.8 Å². The molecular formula is C24H27ClF3N3O3. The van der Waals surface area contributed by atoms with Gasteiger partial charge in [-0.2, -0.15) is 13.2 Å². The van der Waals surface area contributed by atoms with Gasteiger partial charge in [-0.15, -0.1) is 0 Å². The standard InChI is InChI=1S/C24H27ClF3N3O3/c1-6-33-22(32)23(4,5)7-8-34-17-9-14(2)21-20(11-17)31(15(3)30-21)13-19-18(25)10-16(12-29-19)24(26,27)28/h9-12H,6-8,13H2,1-5H3. The van der Waals surface area contributed by atoms with Crippen LogP contribution < -0.4 is 4.74 Å². The summed E-state index contributed by atoms with van der Waals surface area (Å²) < 4.78 is 51.7. The molecular weight excluding hydrogens is 471 g/mol. The number of aryl methyl sites for hydroxylation is 2. The number of halogens is 4. The molecule has 3 rings (SSSR count). The summed E-state index contributed by atoms with van der Waals surface area (Å²) in [4.78, 5) is 20.6. The zero-order chi connectivity index (χ0) is 25.3. The minimum atomic E-state index is -4.52. The predicted octanol–water partition coefficient (Wildman–Crippen LogP) is 6.13. The molecule has 0 amide bonds. The Labute approximate surface area is 201 Å². The molecule has 0 unspecified atom stereocenters. The van der Waals surface area contributed by atoms with E-state index in [-0.39, 0.29) is 17.5 Å². The molecule has 6 nitrogen and oxygen atoms in total. The summed E-state index contributed by atoms with van der Waals surface area (Å²) in [6.45, 7) is 9.86. The molecule has 0 fully saturated rings. The van der Waals surface area contributed by atoms with Gasteiger partial charge in [0.25, 0.3) is 0 Å². The Balaban J connectivity index is 1.85. The fourth-order valence-electron chi connectivity index (χ4n) is 3.50. The highest BCUT2D eigenvalue weighted by molar-refractivity contribution is 6.31. The van der Waals surface area contributed by atoms with Crippen LogP contribution in [0.15, 0.2) is 24.4 Å². The van der Waals surface area contributed by atoms with Crippen molar-refractivity contribution in [2.75, 3.05) is 13.2 Å². The van der Waals surface area contributed by atoms with Crippen LogP contribution >= 0.6 is 11.6 Å². The molecule has 0 N–H and O–H groups in total. The number of fused-ring (bicyclic) bond motifs is 1. The third-order valence-corrected chi connectivity index (χ3v) is 5.91. The summed E-state index contributed by atoms with van der Waals surface area (Å²) in [7, 11) is 0. The van der Waals surface area contributed by atoms with Crippen molar-refractivity contribution in [1.29, 1.82) is 0 Å². The molecule has 184 valence electrons. The molecule has 0 atom stereocenters. The number of rotatable bonds is 8. The number of hydrogen-bond acceptors (Lipinski definition) is 5. The summed E-state index contributed by atoms with van der Waals surface area (Å²) in [6, 6.07) is 4.56. The molecule has 10 heteroatoms. The number of alkyl halides is 3. The third-order valence-electron chi connectivity index (χ3n) is 5.59. The molecule has 2 aromatic heterocycles.